The number of carbonyl (C=O) groups excluding carboxylic acids is 2. The first-order valence-electron chi connectivity index (χ1n) is 9.40. The average Bonchev–Trinajstić information content (AvgIpc) is 3.07. The lowest BCUT2D eigenvalue weighted by Gasteiger charge is -2.14. The van der Waals surface area contributed by atoms with E-state index in [9.17, 15) is 14.4 Å². The molecule has 3 rings (SSSR count). The van der Waals surface area contributed by atoms with Gasteiger partial charge in [-0.1, -0.05) is 54.6 Å². The summed E-state index contributed by atoms with van der Waals surface area (Å²) in [6.07, 6.45) is 1.81. The number of hydrogen-bond acceptors (Lipinski definition) is 5. The number of carboxylic acid groups (broad SMARTS) is 1. The molecule has 0 unspecified atom stereocenters. The van der Waals surface area contributed by atoms with E-state index in [1.807, 2.05) is 36.4 Å². The molecule has 1 aliphatic carbocycles. The summed E-state index contributed by atoms with van der Waals surface area (Å²) in [5, 5.41) is 22.3. The van der Waals surface area contributed by atoms with Crippen LogP contribution < -0.4 is 10.6 Å². The Morgan fingerprint density at radius 3 is 2.20 bits per heavy atom. The van der Waals surface area contributed by atoms with Gasteiger partial charge in [-0.05, 0) is 22.3 Å². The number of aliphatic hydroxyl groups is 1. The molecule has 0 heterocycles. The van der Waals surface area contributed by atoms with Crippen LogP contribution in [0.15, 0.2) is 60.7 Å². The van der Waals surface area contributed by atoms with Gasteiger partial charge < -0.3 is 25.6 Å². The van der Waals surface area contributed by atoms with E-state index in [4.69, 9.17) is 14.9 Å². The van der Waals surface area contributed by atoms with Gasteiger partial charge in [0.2, 0.25) is 5.91 Å². The summed E-state index contributed by atoms with van der Waals surface area (Å²) in [7, 11) is 0. The predicted molar refractivity (Wildman–Crippen MR) is 109 cm³/mol. The largest absolute Gasteiger partial charge is 0.480 e. The predicted octanol–water partition coefficient (Wildman–Crippen LogP) is 1.64. The number of carbonyl (C=O) groups is 3. The molecule has 0 saturated carbocycles. The van der Waals surface area contributed by atoms with Crippen LogP contribution in [-0.4, -0.2) is 54.0 Å². The number of fused-ring (bicyclic) bond motifs is 3. The fourth-order valence-corrected chi connectivity index (χ4v) is 3.36. The zero-order valence-corrected chi connectivity index (χ0v) is 16.1. The van der Waals surface area contributed by atoms with Crippen molar-refractivity contribution in [2.24, 2.45) is 0 Å². The Labute approximate surface area is 173 Å². The number of aliphatic hydroxyl groups excluding tert-OH is 1. The number of carboxylic acids is 1. The molecule has 0 aromatic heterocycles. The van der Waals surface area contributed by atoms with Crippen molar-refractivity contribution < 1.29 is 29.3 Å². The molecule has 0 fully saturated rings. The maximum absolute atomic E-state index is 12.0. The van der Waals surface area contributed by atoms with E-state index in [0.717, 1.165) is 28.3 Å². The molecule has 4 N–H and O–H groups in total. The fourth-order valence-electron chi connectivity index (χ4n) is 3.36. The molecule has 1 atom stereocenters. The first-order chi connectivity index (χ1) is 14.5. The van der Waals surface area contributed by atoms with Crippen molar-refractivity contribution in [3.8, 4) is 11.1 Å². The van der Waals surface area contributed by atoms with E-state index in [0.29, 0.717) is 0 Å². The van der Waals surface area contributed by atoms with Crippen molar-refractivity contribution in [1.82, 2.24) is 10.6 Å². The average molecular weight is 410 g/mol. The van der Waals surface area contributed by atoms with Crippen LogP contribution in [0, 0.1) is 0 Å². The van der Waals surface area contributed by atoms with Crippen LogP contribution in [0.2, 0.25) is 0 Å². The molecule has 1 aliphatic rings. The molecule has 0 radical (unpaired) electrons. The second-order valence-electron chi connectivity index (χ2n) is 6.69. The molecular formula is C22H22N2O6. The first-order valence-corrected chi connectivity index (χ1v) is 9.40. The molecular weight excluding hydrogens is 388 g/mol. The third-order valence-electron chi connectivity index (χ3n) is 4.77. The SMILES string of the molecule is O=C(/C=C/CNC(=O)OCC1c2ccccc2-c2ccccc21)N[C@@H](CO)C(=O)O. The van der Waals surface area contributed by atoms with Gasteiger partial charge in [-0.15, -0.1) is 0 Å². The lowest BCUT2D eigenvalue weighted by atomic mass is 9.98. The summed E-state index contributed by atoms with van der Waals surface area (Å²) in [5.74, 6) is -2.07. The number of aliphatic carboxylic acids is 1. The highest BCUT2D eigenvalue weighted by atomic mass is 16.5. The minimum Gasteiger partial charge on any atom is -0.480 e. The summed E-state index contributed by atoms with van der Waals surface area (Å²) in [4.78, 5) is 34.3. The number of rotatable bonds is 8. The normalized spacial score (nSPS) is 13.4. The zero-order valence-electron chi connectivity index (χ0n) is 16.1. The van der Waals surface area contributed by atoms with Gasteiger partial charge in [0.25, 0.3) is 0 Å². The van der Waals surface area contributed by atoms with Crippen LogP contribution in [0.3, 0.4) is 0 Å². The van der Waals surface area contributed by atoms with Gasteiger partial charge in [0.05, 0.1) is 6.61 Å². The molecule has 0 aliphatic heterocycles. The highest BCUT2D eigenvalue weighted by Crippen LogP contribution is 2.44. The lowest BCUT2D eigenvalue weighted by molar-refractivity contribution is -0.142. The first kappa shape index (κ1) is 21.1. The molecule has 0 saturated heterocycles. The van der Waals surface area contributed by atoms with Crippen molar-refractivity contribution in [2.75, 3.05) is 19.8 Å². The number of benzene rings is 2. The number of hydrogen-bond donors (Lipinski definition) is 4. The van der Waals surface area contributed by atoms with E-state index in [1.165, 1.54) is 6.08 Å². The summed E-state index contributed by atoms with van der Waals surface area (Å²) >= 11 is 0. The molecule has 0 bridgehead atoms. The van der Waals surface area contributed by atoms with Crippen molar-refractivity contribution in [2.45, 2.75) is 12.0 Å². The van der Waals surface area contributed by atoms with E-state index in [1.54, 1.807) is 0 Å². The summed E-state index contributed by atoms with van der Waals surface area (Å²) in [5.41, 5.74) is 4.50. The monoisotopic (exact) mass is 410 g/mol. The van der Waals surface area contributed by atoms with Crippen molar-refractivity contribution >= 4 is 18.0 Å². The van der Waals surface area contributed by atoms with Gasteiger partial charge in [0.1, 0.15) is 6.61 Å². The summed E-state index contributed by atoms with van der Waals surface area (Å²) in [6.45, 7) is -0.505. The van der Waals surface area contributed by atoms with Gasteiger partial charge in [0.15, 0.2) is 6.04 Å². The highest BCUT2D eigenvalue weighted by Gasteiger charge is 2.28. The summed E-state index contributed by atoms with van der Waals surface area (Å²) in [6, 6.07) is 14.7. The van der Waals surface area contributed by atoms with E-state index < -0.39 is 30.6 Å². The minimum atomic E-state index is -1.38. The van der Waals surface area contributed by atoms with E-state index in [2.05, 4.69) is 22.8 Å². The molecule has 2 aromatic carbocycles. The molecule has 2 aromatic rings. The Bertz CT molecular complexity index is 926. The minimum absolute atomic E-state index is 0.0287. The van der Waals surface area contributed by atoms with Crippen LogP contribution in [0.4, 0.5) is 4.79 Å². The maximum Gasteiger partial charge on any atom is 0.407 e. The Morgan fingerprint density at radius 2 is 1.63 bits per heavy atom. The van der Waals surface area contributed by atoms with Crippen LogP contribution in [0.25, 0.3) is 11.1 Å². The second-order valence-corrected chi connectivity index (χ2v) is 6.69. The van der Waals surface area contributed by atoms with Crippen molar-refractivity contribution in [3.63, 3.8) is 0 Å². The molecule has 0 spiro atoms. The highest BCUT2D eigenvalue weighted by molar-refractivity contribution is 5.91. The summed E-state index contributed by atoms with van der Waals surface area (Å²) < 4.78 is 5.36. The van der Waals surface area contributed by atoms with Gasteiger partial charge in [-0.2, -0.15) is 0 Å². The zero-order chi connectivity index (χ0) is 21.5. The number of amides is 2. The Balaban J connectivity index is 1.49. The van der Waals surface area contributed by atoms with Crippen molar-refractivity contribution in [1.29, 1.82) is 0 Å². The van der Waals surface area contributed by atoms with Crippen LogP contribution in [0.5, 0.6) is 0 Å². The smallest absolute Gasteiger partial charge is 0.407 e. The maximum atomic E-state index is 12.0. The topological polar surface area (TPSA) is 125 Å². The lowest BCUT2D eigenvalue weighted by Crippen LogP contribution is -2.42. The van der Waals surface area contributed by atoms with Gasteiger partial charge >= 0.3 is 12.1 Å². The second kappa shape index (κ2) is 9.71. The van der Waals surface area contributed by atoms with Gasteiger partial charge in [0, 0.05) is 18.5 Å². The van der Waals surface area contributed by atoms with E-state index in [-0.39, 0.29) is 19.1 Å². The molecule has 8 heteroatoms. The van der Waals surface area contributed by atoms with Crippen LogP contribution in [0.1, 0.15) is 17.0 Å². The molecule has 8 nitrogen and oxygen atoms in total. The molecule has 30 heavy (non-hydrogen) atoms. The third-order valence-corrected chi connectivity index (χ3v) is 4.77. The van der Waals surface area contributed by atoms with Crippen LogP contribution in [-0.2, 0) is 14.3 Å². The Hall–Kier alpha value is -3.65. The number of alkyl carbamates (subject to hydrolysis) is 1. The number of ether oxygens (including phenoxy) is 1. The quantitative estimate of drug-likeness (QED) is 0.491. The Morgan fingerprint density at radius 1 is 1.03 bits per heavy atom. The van der Waals surface area contributed by atoms with Gasteiger partial charge in [-0.3, -0.25) is 4.79 Å². The van der Waals surface area contributed by atoms with Crippen molar-refractivity contribution in [3.05, 3.63) is 71.8 Å². The van der Waals surface area contributed by atoms with Crippen LogP contribution >= 0.6 is 0 Å². The van der Waals surface area contributed by atoms with Gasteiger partial charge in [-0.25, -0.2) is 9.59 Å². The molecule has 2 amide bonds. The van der Waals surface area contributed by atoms with E-state index >= 15 is 0 Å². The standard InChI is InChI=1S/C22H22N2O6/c25-12-19(21(27)28)24-20(26)10-5-11-23-22(29)30-13-18-16-8-3-1-6-14(16)15-7-2-4-9-17(15)18/h1-10,18-19,25H,11-13H2,(H,23,29)(H,24,26)(H,27,28)/b10-5+/t19-/m0/s1. The number of nitrogens with one attached hydrogen (secondary N) is 2. The third kappa shape index (κ3) is 4.84. The fraction of sp³-hybridized carbons (Fsp3) is 0.227. The Kier molecular flexibility index (Phi) is 6.82. The molecule has 156 valence electrons.